The number of nitriles is 1. The summed E-state index contributed by atoms with van der Waals surface area (Å²) in [6.45, 7) is 1.57. The highest BCUT2D eigenvalue weighted by Gasteiger charge is 2.19. The Balaban J connectivity index is 2.62. The van der Waals surface area contributed by atoms with Crippen molar-refractivity contribution in [3.63, 3.8) is 0 Å². The van der Waals surface area contributed by atoms with E-state index in [1.54, 1.807) is 6.07 Å². The first-order valence-electron chi connectivity index (χ1n) is 4.44. The molecule has 1 N–H and O–H groups in total. The Morgan fingerprint density at radius 2 is 2.33 bits per heavy atom. The summed E-state index contributed by atoms with van der Waals surface area (Å²) < 4.78 is 27.0. The molecular formula is C9H13N3O2S. The van der Waals surface area contributed by atoms with Crippen molar-refractivity contribution in [3.05, 3.63) is 24.0 Å². The van der Waals surface area contributed by atoms with E-state index >= 15 is 0 Å². The smallest absolute Gasteiger partial charge is 0.227 e. The summed E-state index contributed by atoms with van der Waals surface area (Å²) >= 11 is 0. The average molecular weight is 227 g/mol. The molecule has 0 aliphatic carbocycles. The second kappa shape index (κ2) is 4.47. The minimum Gasteiger partial charge on any atom is -0.357 e. The average Bonchev–Trinajstić information content (AvgIpc) is 2.60. The first kappa shape index (κ1) is 11.8. The predicted octanol–water partition coefficient (Wildman–Crippen LogP) is 0.357. The summed E-state index contributed by atoms with van der Waals surface area (Å²) in [5.41, 5.74) is 0.867. The summed E-state index contributed by atoms with van der Waals surface area (Å²) in [5.74, 6) is 0. The van der Waals surface area contributed by atoms with Crippen LogP contribution in [0.5, 0.6) is 0 Å². The van der Waals surface area contributed by atoms with Crippen molar-refractivity contribution in [1.29, 1.82) is 5.26 Å². The lowest BCUT2D eigenvalue weighted by molar-refractivity contribution is 0.577. The van der Waals surface area contributed by atoms with Gasteiger partial charge in [-0.05, 0) is 18.6 Å². The number of aryl methyl sites for hydroxylation is 1. The molecule has 6 heteroatoms. The van der Waals surface area contributed by atoms with Gasteiger partial charge in [0.05, 0.1) is 6.07 Å². The SMILES string of the molecule is CC(C#N)S(=O)(=O)NCc1ccn(C)c1. The molecule has 0 aliphatic heterocycles. The van der Waals surface area contributed by atoms with E-state index in [0.717, 1.165) is 5.56 Å². The number of nitrogens with one attached hydrogen (secondary N) is 1. The maximum Gasteiger partial charge on any atom is 0.227 e. The lowest BCUT2D eigenvalue weighted by atomic mass is 10.4. The molecule has 1 unspecified atom stereocenters. The van der Waals surface area contributed by atoms with E-state index in [4.69, 9.17) is 5.26 Å². The van der Waals surface area contributed by atoms with Crippen molar-refractivity contribution >= 4 is 10.0 Å². The second-order valence-electron chi connectivity index (χ2n) is 3.32. The Bertz CT molecular complexity index is 470. The molecule has 0 amide bonds. The fraction of sp³-hybridized carbons (Fsp3) is 0.444. The molecule has 0 aliphatic rings. The lowest BCUT2D eigenvalue weighted by Crippen LogP contribution is -2.31. The van der Waals surface area contributed by atoms with Gasteiger partial charge < -0.3 is 4.57 Å². The number of hydrogen-bond donors (Lipinski definition) is 1. The zero-order valence-electron chi connectivity index (χ0n) is 8.64. The first-order chi connectivity index (χ1) is 6.95. The van der Waals surface area contributed by atoms with E-state index in [0.29, 0.717) is 0 Å². The largest absolute Gasteiger partial charge is 0.357 e. The van der Waals surface area contributed by atoms with Gasteiger partial charge in [-0.1, -0.05) is 0 Å². The molecule has 82 valence electrons. The zero-order chi connectivity index (χ0) is 11.5. The van der Waals surface area contributed by atoms with Crippen molar-refractivity contribution in [2.45, 2.75) is 18.7 Å². The molecule has 0 radical (unpaired) electrons. The van der Waals surface area contributed by atoms with Gasteiger partial charge >= 0.3 is 0 Å². The maximum atomic E-state index is 11.4. The van der Waals surface area contributed by atoms with E-state index in [1.807, 2.05) is 30.1 Å². The van der Waals surface area contributed by atoms with Crippen LogP contribution in [-0.4, -0.2) is 18.2 Å². The molecule has 0 saturated carbocycles. The van der Waals surface area contributed by atoms with Crippen LogP contribution >= 0.6 is 0 Å². The zero-order valence-corrected chi connectivity index (χ0v) is 9.45. The number of aromatic nitrogens is 1. The van der Waals surface area contributed by atoms with Crippen molar-refractivity contribution < 1.29 is 8.42 Å². The third-order valence-corrected chi connectivity index (χ3v) is 3.60. The molecule has 1 aromatic rings. The molecule has 1 heterocycles. The van der Waals surface area contributed by atoms with Crippen LogP contribution in [0.25, 0.3) is 0 Å². The van der Waals surface area contributed by atoms with Crippen molar-refractivity contribution in [3.8, 4) is 6.07 Å². The van der Waals surface area contributed by atoms with Crippen molar-refractivity contribution in [2.75, 3.05) is 0 Å². The summed E-state index contributed by atoms with van der Waals surface area (Å²) in [4.78, 5) is 0. The molecule has 1 aromatic heterocycles. The Morgan fingerprint density at radius 3 is 2.80 bits per heavy atom. The van der Waals surface area contributed by atoms with E-state index in [2.05, 4.69) is 4.72 Å². The van der Waals surface area contributed by atoms with Crippen LogP contribution < -0.4 is 4.72 Å². The van der Waals surface area contributed by atoms with Gasteiger partial charge in [0.25, 0.3) is 0 Å². The third-order valence-electron chi connectivity index (χ3n) is 2.02. The minimum absolute atomic E-state index is 0.217. The van der Waals surface area contributed by atoms with Gasteiger partial charge in [0.1, 0.15) is 0 Å². The van der Waals surface area contributed by atoms with E-state index in [-0.39, 0.29) is 6.54 Å². The topological polar surface area (TPSA) is 74.9 Å². The first-order valence-corrected chi connectivity index (χ1v) is 5.99. The Labute approximate surface area is 89.4 Å². The Kier molecular flexibility index (Phi) is 3.50. The van der Waals surface area contributed by atoms with Crippen LogP contribution in [-0.2, 0) is 23.6 Å². The fourth-order valence-corrected chi connectivity index (χ4v) is 1.80. The number of nitrogens with zero attached hydrogens (tertiary/aromatic N) is 2. The minimum atomic E-state index is -3.52. The van der Waals surface area contributed by atoms with E-state index < -0.39 is 15.3 Å². The predicted molar refractivity (Wildman–Crippen MR) is 56.2 cm³/mol. The maximum absolute atomic E-state index is 11.4. The molecule has 5 nitrogen and oxygen atoms in total. The summed E-state index contributed by atoms with van der Waals surface area (Å²) in [7, 11) is -1.66. The monoisotopic (exact) mass is 227 g/mol. The Morgan fingerprint density at radius 1 is 1.67 bits per heavy atom. The van der Waals surface area contributed by atoms with Crippen LogP contribution in [0, 0.1) is 11.3 Å². The standard InChI is InChI=1S/C9H13N3O2S/c1-8(5-10)15(13,14)11-6-9-3-4-12(2)7-9/h3-4,7-8,11H,6H2,1-2H3. The lowest BCUT2D eigenvalue weighted by Gasteiger charge is -2.06. The van der Waals surface area contributed by atoms with Crippen LogP contribution in [0.4, 0.5) is 0 Å². The van der Waals surface area contributed by atoms with Gasteiger partial charge in [0, 0.05) is 26.0 Å². The van der Waals surface area contributed by atoms with Crippen molar-refractivity contribution in [1.82, 2.24) is 9.29 Å². The molecule has 0 aromatic carbocycles. The highest BCUT2D eigenvalue weighted by atomic mass is 32.2. The number of rotatable bonds is 4. The molecule has 0 bridgehead atoms. The highest BCUT2D eigenvalue weighted by Crippen LogP contribution is 2.02. The van der Waals surface area contributed by atoms with Gasteiger partial charge in [-0.25, -0.2) is 13.1 Å². The van der Waals surface area contributed by atoms with Gasteiger partial charge in [-0.3, -0.25) is 0 Å². The van der Waals surface area contributed by atoms with Crippen LogP contribution in [0.2, 0.25) is 0 Å². The molecular weight excluding hydrogens is 214 g/mol. The van der Waals surface area contributed by atoms with E-state index in [9.17, 15) is 8.42 Å². The third kappa shape index (κ3) is 3.08. The Hall–Kier alpha value is -1.32. The molecule has 1 atom stereocenters. The molecule has 0 fully saturated rings. The summed E-state index contributed by atoms with van der Waals surface area (Å²) in [6.07, 6.45) is 3.65. The molecule has 1 rings (SSSR count). The molecule has 0 saturated heterocycles. The van der Waals surface area contributed by atoms with Gasteiger partial charge in [0.15, 0.2) is 5.25 Å². The number of sulfonamides is 1. The van der Waals surface area contributed by atoms with Gasteiger partial charge in [0.2, 0.25) is 10.0 Å². The summed E-state index contributed by atoms with van der Waals surface area (Å²) in [6, 6.07) is 3.51. The fourth-order valence-electron chi connectivity index (χ4n) is 1.04. The molecule has 15 heavy (non-hydrogen) atoms. The highest BCUT2D eigenvalue weighted by molar-refractivity contribution is 7.90. The summed E-state index contributed by atoms with van der Waals surface area (Å²) in [5, 5.41) is 7.47. The second-order valence-corrected chi connectivity index (χ2v) is 5.41. The van der Waals surface area contributed by atoms with Gasteiger partial charge in [-0.2, -0.15) is 5.26 Å². The van der Waals surface area contributed by atoms with Crippen LogP contribution in [0.15, 0.2) is 18.5 Å². The quantitative estimate of drug-likeness (QED) is 0.806. The van der Waals surface area contributed by atoms with Gasteiger partial charge in [-0.15, -0.1) is 0 Å². The molecule has 0 spiro atoms. The van der Waals surface area contributed by atoms with Crippen molar-refractivity contribution in [2.24, 2.45) is 7.05 Å². The van der Waals surface area contributed by atoms with Crippen LogP contribution in [0.3, 0.4) is 0 Å². The normalized spacial score (nSPS) is 13.4. The van der Waals surface area contributed by atoms with E-state index in [1.165, 1.54) is 6.92 Å². The number of hydrogen-bond acceptors (Lipinski definition) is 3. The van der Waals surface area contributed by atoms with Crippen LogP contribution in [0.1, 0.15) is 12.5 Å².